The number of nitrogens with zero attached hydrogens (tertiary/aromatic N) is 5. The first-order valence-corrected chi connectivity index (χ1v) is 6.91. The molecule has 1 fully saturated rings. The van der Waals surface area contributed by atoms with Crippen molar-refractivity contribution in [3.05, 3.63) is 11.5 Å². The fourth-order valence-electron chi connectivity index (χ4n) is 2.33. The molecular formula is C12H16ClN5O3. The Morgan fingerprint density at radius 3 is 2.86 bits per heavy atom. The lowest BCUT2D eigenvalue weighted by atomic mass is 10.2. The summed E-state index contributed by atoms with van der Waals surface area (Å²) in [4.78, 5) is 14.5. The van der Waals surface area contributed by atoms with E-state index in [4.69, 9.17) is 21.4 Å². The Labute approximate surface area is 126 Å². The Morgan fingerprint density at radius 1 is 1.48 bits per heavy atom. The van der Waals surface area contributed by atoms with Crippen LogP contribution in [0.4, 0.5) is 5.95 Å². The topological polar surface area (TPSA) is 96.5 Å². The van der Waals surface area contributed by atoms with Crippen molar-refractivity contribution in [2.24, 2.45) is 0 Å². The van der Waals surface area contributed by atoms with Gasteiger partial charge < -0.3 is 19.8 Å². The smallest absolute Gasteiger partial charge is 0.228 e. The second kappa shape index (κ2) is 5.38. The maximum Gasteiger partial charge on any atom is 0.228 e. The van der Waals surface area contributed by atoms with Crippen LogP contribution in [0.15, 0.2) is 6.33 Å². The third-order valence-electron chi connectivity index (χ3n) is 3.46. The van der Waals surface area contributed by atoms with E-state index in [0.29, 0.717) is 23.5 Å². The second-order valence-electron chi connectivity index (χ2n) is 5.15. The summed E-state index contributed by atoms with van der Waals surface area (Å²) in [5.41, 5.74) is 1.02. The number of aromatic nitrogens is 4. The number of ether oxygens (including phenoxy) is 1. The van der Waals surface area contributed by atoms with E-state index in [1.165, 1.54) is 0 Å². The van der Waals surface area contributed by atoms with E-state index in [1.807, 2.05) is 14.1 Å². The molecule has 0 amide bonds. The number of anilines is 1. The summed E-state index contributed by atoms with van der Waals surface area (Å²) in [5.74, 6) is 0.464. The summed E-state index contributed by atoms with van der Waals surface area (Å²) in [5, 5.41) is 19.3. The zero-order valence-electron chi connectivity index (χ0n) is 11.6. The van der Waals surface area contributed by atoms with Crippen molar-refractivity contribution < 1.29 is 14.9 Å². The summed E-state index contributed by atoms with van der Waals surface area (Å²) in [6.45, 7) is -0.233. The first-order chi connectivity index (χ1) is 10.0. The molecule has 21 heavy (non-hydrogen) atoms. The van der Waals surface area contributed by atoms with Crippen LogP contribution >= 0.6 is 11.6 Å². The number of aliphatic hydroxyl groups is 2. The molecule has 0 aromatic carbocycles. The molecule has 9 heteroatoms. The Balaban J connectivity index is 2.04. The van der Waals surface area contributed by atoms with Gasteiger partial charge in [-0.25, -0.2) is 4.98 Å². The Kier molecular flexibility index (Phi) is 3.70. The molecule has 114 valence electrons. The van der Waals surface area contributed by atoms with Crippen molar-refractivity contribution >= 4 is 28.7 Å². The highest BCUT2D eigenvalue weighted by molar-refractivity contribution is 6.33. The van der Waals surface area contributed by atoms with E-state index in [2.05, 4.69) is 15.0 Å². The van der Waals surface area contributed by atoms with E-state index in [-0.39, 0.29) is 11.8 Å². The fraction of sp³-hybridized carbons (Fsp3) is 0.583. The summed E-state index contributed by atoms with van der Waals surface area (Å²) in [6.07, 6.45) is 0.154. The Hall–Kier alpha value is -1.48. The summed E-state index contributed by atoms with van der Waals surface area (Å²) in [6, 6.07) is 0. The Bertz CT molecular complexity index is 662. The molecule has 0 radical (unpaired) electrons. The molecule has 3 rings (SSSR count). The van der Waals surface area contributed by atoms with Gasteiger partial charge in [0.1, 0.15) is 17.8 Å². The molecular weight excluding hydrogens is 298 g/mol. The minimum atomic E-state index is -0.719. The monoisotopic (exact) mass is 313 g/mol. The van der Waals surface area contributed by atoms with Gasteiger partial charge in [-0.05, 0) is 0 Å². The van der Waals surface area contributed by atoms with Gasteiger partial charge in [0.15, 0.2) is 10.8 Å². The molecule has 0 bridgehead atoms. The number of hydrogen-bond acceptors (Lipinski definition) is 7. The van der Waals surface area contributed by atoms with Gasteiger partial charge in [0.05, 0.1) is 19.0 Å². The number of imidazole rings is 1. The van der Waals surface area contributed by atoms with Gasteiger partial charge in [-0.1, -0.05) is 11.6 Å². The van der Waals surface area contributed by atoms with Crippen LogP contribution in [0.25, 0.3) is 11.2 Å². The molecule has 3 atom stereocenters. The predicted octanol–water partition coefficient (Wildman–Crippen LogP) is 0.186. The number of aliphatic hydroxyl groups excluding tert-OH is 2. The molecule has 0 unspecified atom stereocenters. The normalized spacial score (nSPS) is 25.7. The molecule has 1 saturated heterocycles. The van der Waals surface area contributed by atoms with Gasteiger partial charge in [0.25, 0.3) is 0 Å². The van der Waals surface area contributed by atoms with Crippen LogP contribution in [0.1, 0.15) is 12.6 Å². The van der Waals surface area contributed by atoms with Gasteiger partial charge >= 0.3 is 0 Å². The summed E-state index contributed by atoms with van der Waals surface area (Å²) < 4.78 is 7.32. The quantitative estimate of drug-likeness (QED) is 0.781. The molecule has 0 spiro atoms. The van der Waals surface area contributed by atoms with Gasteiger partial charge in [-0.3, -0.25) is 4.57 Å². The third kappa shape index (κ3) is 2.44. The van der Waals surface area contributed by atoms with Gasteiger partial charge in [-0.15, -0.1) is 0 Å². The van der Waals surface area contributed by atoms with Crippen LogP contribution in [0.3, 0.4) is 0 Å². The van der Waals surface area contributed by atoms with Crippen LogP contribution in [0.5, 0.6) is 0 Å². The van der Waals surface area contributed by atoms with Crippen molar-refractivity contribution in [3.8, 4) is 0 Å². The molecule has 3 heterocycles. The van der Waals surface area contributed by atoms with Crippen LogP contribution < -0.4 is 4.90 Å². The lowest BCUT2D eigenvalue weighted by Gasteiger charge is -2.15. The summed E-state index contributed by atoms with van der Waals surface area (Å²) in [7, 11) is 3.63. The molecule has 1 aliphatic rings. The van der Waals surface area contributed by atoms with Crippen molar-refractivity contribution in [1.82, 2.24) is 19.5 Å². The first kappa shape index (κ1) is 14.5. The minimum Gasteiger partial charge on any atom is -0.394 e. The first-order valence-electron chi connectivity index (χ1n) is 6.53. The molecule has 0 aliphatic carbocycles. The molecule has 1 aliphatic heterocycles. The minimum absolute atomic E-state index is 0.233. The van der Waals surface area contributed by atoms with Crippen molar-refractivity contribution in [2.45, 2.75) is 24.9 Å². The third-order valence-corrected chi connectivity index (χ3v) is 3.72. The second-order valence-corrected chi connectivity index (χ2v) is 5.51. The molecule has 2 aromatic rings. The Morgan fingerprint density at radius 2 is 2.24 bits per heavy atom. The lowest BCUT2D eigenvalue weighted by molar-refractivity contribution is -0.0432. The number of fused-ring (bicyclic) bond motifs is 1. The average Bonchev–Trinajstić information content (AvgIpc) is 3.01. The number of rotatable bonds is 3. The lowest BCUT2D eigenvalue weighted by Crippen LogP contribution is -2.24. The molecule has 2 N–H and O–H groups in total. The highest BCUT2D eigenvalue weighted by Gasteiger charge is 2.35. The molecule has 8 nitrogen and oxygen atoms in total. The largest absolute Gasteiger partial charge is 0.394 e. The maximum absolute atomic E-state index is 9.84. The van der Waals surface area contributed by atoms with E-state index < -0.39 is 18.4 Å². The van der Waals surface area contributed by atoms with Crippen LogP contribution in [0.2, 0.25) is 5.15 Å². The predicted molar refractivity (Wildman–Crippen MR) is 76.3 cm³/mol. The van der Waals surface area contributed by atoms with E-state index in [9.17, 15) is 5.11 Å². The summed E-state index contributed by atoms with van der Waals surface area (Å²) >= 11 is 6.13. The van der Waals surface area contributed by atoms with Crippen molar-refractivity contribution in [3.63, 3.8) is 0 Å². The van der Waals surface area contributed by atoms with Crippen LogP contribution in [0, 0.1) is 0 Å². The van der Waals surface area contributed by atoms with Crippen molar-refractivity contribution in [2.75, 3.05) is 25.6 Å². The van der Waals surface area contributed by atoms with Gasteiger partial charge in [0.2, 0.25) is 5.95 Å². The number of halogens is 1. The van der Waals surface area contributed by atoms with E-state index in [0.717, 1.165) is 0 Å². The zero-order valence-corrected chi connectivity index (χ0v) is 12.4. The molecule has 0 saturated carbocycles. The highest BCUT2D eigenvalue weighted by Crippen LogP contribution is 2.32. The standard InChI is InChI=1S/C12H16ClN5O3/c1-17(2)12-15-10(13)9-11(16-12)18(5-14-9)8-3-6(20)7(4-19)21-8/h5-8,19-20H,3-4H2,1-2H3/t6-,7+,8+/m1/s1. The number of hydrogen-bond donors (Lipinski definition) is 2. The van der Waals surface area contributed by atoms with Gasteiger partial charge in [-0.2, -0.15) is 9.97 Å². The fourth-order valence-corrected chi connectivity index (χ4v) is 2.54. The zero-order chi connectivity index (χ0) is 15.1. The van der Waals surface area contributed by atoms with E-state index >= 15 is 0 Å². The SMILES string of the molecule is CN(C)c1nc(Cl)c2ncn([C@@H]3C[C@@H](O)[C@H](CO)O3)c2n1. The van der Waals surface area contributed by atoms with Crippen LogP contribution in [-0.4, -0.2) is 62.6 Å². The van der Waals surface area contributed by atoms with Gasteiger partial charge in [0, 0.05) is 20.5 Å². The average molecular weight is 314 g/mol. The molecule has 2 aromatic heterocycles. The van der Waals surface area contributed by atoms with Crippen molar-refractivity contribution in [1.29, 1.82) is 0 Å². The highest BCUT2D eigenvalue weighted by atomic mass is 35.5. The maximum atomic E-state index is 9.84. The van der Waals surface area contributed by atoms with E-state index in [1.54, 1.807) is 15.8 Å². The van der Waals surface area contributed by atoms with Crippen LogP contribution in [-0.2, 0) is 4.74 Å².